The maximum atomic E-state index is 12.7. The maximum Gasteiger partial charge on any atom is 0.302 e. The van der Waals surface area contributed by atoms with Crippen LogP contribution in [0, 0.1) is 34.5 Å². The largest absolute Gasteiger partial charge is 0.463 e. The molecule has 8 atom stereocenters. The molecule has 0 amide bonds. The Morgan fingerprint density at radius 3 is 2.56 bits per heavy atom. The molecular weight excluding hydrogens is 380 g/mol. The molecule has 0 N–H and O–H groups in total. The van der Waals surface area contributed by atoms with Crippen molar-refractivity contribution in [1.82, 2.24) is 0 Å². The Bertz CT molecular complexity index is 590. The first kappa shape index (κ1) is 18.0. The average Bonchev–Trinajstić information content (AvgIpc) is 2.78. The highest BCUT2D eigenvalue weighted by Gasteiger charge is 2.62. The lowest BCUT2D eigenvalue weighted by atomic mass is 9.45. The maximum absolute atomic E-state index is 12.7. The molecule has 0 spiro atoms. The number of hydrogen-bond acceptors (Lipinski definition) is 3. The quantitative estimate of drug-likeness (QED) is 0.455. The normalized spacial score (nSPS) is 52.1. The van der Waals surface area contributed by atoms with Gasteiger partial charge in [0.15, 0.2) is 5.78 Å². The molecule has 0 heterocycles. The molecule has 0 radical (unpaired) electrons. The molecular formula is C21H31BrO3. The number of carbonyl (C=O) groups excluding carboxylic acids is 2. The van der Waals surface area contributed by atoms with E-state index in [1.807, 2.05) is 0 Å². The minimum atomic E-state index is -0.136. The summed E-state index contributed by atoms with van der Waals surface area (Å²) >= 11 is 3.66. The van der Waals surface area contributed by atoms with Crippen molar-refractivity contribution in [1.29, 1.82) is 0 Å². The van der Waals surface area contributed by atoms with E-state index in [-0.39, 0.29) is 22.3 Å². The fraction of sp³-hybridized carbons (Fsp3) is 0.905. The van der Waals surface area contributed by atoms with E-state index < -0.39 is 0 Å². The number of ether oxygens (including phenoxy) is 1. The Morgan fingerprint density at radius 1 is 1.08 bits per heavy atom. The van der Waals surface area contributed by atoms with E-state index in [9.17, 15) is 9.59 Å². The van der Waals surface area contributed by atoms with Gasteiger partial charge in [0.1, 0.15) is 6.10 Å². The summed E-state index contributed by atoms with van der Waals surface area (Å²) in [5, 5.41) is 0. The Balaban J connectivity index is 1.55. The monoisotopic (exact) mass is 410 g/mol. The van der Waals surface area contributed by atoms with Crippen molar-refractivity contribution in [2.45, 2.75) is 83.1 Å². The van der Waals surface area contributed by atoms with Crippen molar-refractivity contribution < 1.29 is 14.3 Å². The average molecular weight is 411 g/mol. The first-order valence-electron chi connectivity index (χ1n) is 10.1. The highest BCUT2D eigenvalue weighted by Crippen LogP contribution is 2.66. The third-order valence-electron chi connectivity index (χ3n) is 8.65. The third kappa shape index (κ3) is 2.64. The Kier molecular flexibility index (Phi) is 4.37. The van der Waals surface area contributed by atoms with Gasteiger partial charge in [0, 0.05) is 12.3 Å². The molecule has 4 rings (SSSR count). The lowest BCUT2D eigenvalue weighted by molar-refractivity contribution is -0.160. The number of rotatable bonds is 1. The molecule has 0 aromatic rings. The zero-order valence-electron chi connectivity index (χ0n) is 15.7. The molecule has 4 saturated carbocycles. The van der Waals surface area contributed by atoms with Crippen LogP contribution < -0.4 is 0 Å². The zero-order valence-corrected chi connectivity index (χ0v) is 17.3. The van der Waals surface area contributed by atoms with Gasteiger partial charge in [-0.15, -0.1) is 0 Å². The van der Waals surface area contributed by atoms with Crippen LogP contribution in [0.5, 0.6) is 0 Å². The molecule has 0 aliphatic heterocycles. The van der Waals surface area contributed by atoms with Gasteiger partial charge in [-0.05, 0) is 80.5 Å². The number of esters is 1. The standard InChI is InChI=1S/C21H31BrO3/c1-12(23)25-14-6-8-20(2)13(10-14)4-5-15-16(20)7-9-21(3)17(15)11-18(22)19(21)24/h13-18H,4-11H2,1-3H3/t13-,14-,15-,16-,17+,18+,20-,21-/m0/s1. The number of carbonyl (C=O) groups is 2. The second kappa shape index (κ2) is 6.07. The van der Waals surface area contributed by atoms with Gasteiger partial charge >= 0.3 is 5.97 Å². The fourth-order valence-electron chi connectivity index (χ4n) is 7.31. The van der Waals surface area contributed by atoms with Gasteiger partial charge in [-0.2, -0.15) is 0 Å². The van der Waals surface area contributed by atoms with E-state index in [4.69, 9.17) is 4.74 Å². The molecule has 0 bridgehead atoms. The number of Topliss-reactive ketones (excluding diaryl/α,β-unsaturated/α-hetero) is 1. The number of hydrogen-bond donors (Lipinski definition) is 0. The molecule has 4 aliphatic carbocycles. The molecule has 4 aliphatic rings. The molecule has 140 valence electrons. The molecule has 4 heteroatoms. The number of halogens is 1. The minimum absolute atomic E-state index is 0.0754. The number of fused-ring (bicyclic) bond motifs is 5. The van der Waals surface area contributed by atoms with E-state index in [0.717, 1.165) is 31.6 Å². The summed E-state index contributed by atoms with van der Waals surface area (Å²) in [6.45, 7) is 6.27. The van der Waals surface area contributed by atoms with E-state index >= 15 is 0 Å². The lowest BCUT2D eigenvalue weighted by Gasteiger charge is -2.60. The van der Waals surface area contributed by atoms with Gasteiger partial charge in [-0.1, -0.05) is 29.8 Å². The Morgan fingerprint density at radius 2 is 1.84 bits per heavy atom. The highest BCUT2D eigenvalue weighted by atomic mass is 79.9. The van der Waals surface area contributed by atoms with Crippen molar-refractivity contribution in [2.75, 3.05) is 0 Å². The van der Waals surface area contributed by atoms with Crippen LogP contribution in [-0.4, -0.2) is 22.7 Å². The molecule has 4 fully saturated rings. The minimum Gasteiger partial charge on any atom is -0.463 e. The molecule has 3 nitrogen and oxygen atoms in total. The van der Waals surface area contributed by atoms with Gasteiger partial charge in [0.05, 0.1) is 4.83 Å². The topological polar surface area (TPSA) is 43.4 Å². The van der Waals surface area contributed by atoms with Crippen molar-refractivity contribution in [3.63, 3.8) is 0 Å². The fourth-order valence-corrected chi connectivity index (χ4v) is 8.23. The van der Waals surface area contributed by atoms with Crippen LogP contribution in [0.2, 0.25) is 0 Å². The molecule has 0 aromatic carbocycles. The third-order valence-corrected chi connectivity index (χ3v) is 9.44. The summed E-state index contributed by atoms with van der Waals surface area (Å²) in [4.78, 5) is 24.2. The van der Waals surface area contributed by atoms with Crippen molar-refractivity contribution >= 4 is 27.7 Å². The van der Waals surface area contributed by atoms with E-state index in [0.29, 0.717) is 29.0 Å². The number of alkyl halides is 1. The van der Waals surface area contributed by atoms with Gasteiger partial charge in [0.25, 0.3) is 0 Å². The van der Waals surface area contributed by atoms with Crippen LogP contribution in [-0.2, 0) is 14.3 Å². The second-order valence-corrected chi connectivity index (χ2v) is 10.8. The van der Waals surface area contributed by atoms with Crippen LogP contribution in [0.4, 0.5) is 0 Å². The smallest absolute Gasteiger partial charge is 0.302 e. The van der Waals surface area contributed by atoms with E-state index in [1.165, 1.54) is 32.6 Å². The van der Waals surface area contributed by atoms with Gasteiger partial charge in [-0.3, -0.25) is 9.59 Å². The summed E-state index contributed by atoms with van der Waals surface area (Å²) < 4.78 is 5.54. The van der Waals surface area contributed by atoms with Gasteiger partial charge < -0.3 is 4.74 Å². The van der Waals surface area contributed by atoms with E-state index in [1.54, 1.807) is 0 Å². The van der Waals surface area contributed by atoms with Gasteiger partial charge in [-0.25, -0.2) is 0 Å². The first-order valence-corrected chi connectivity index (χ1v) is 11.0. The van der Waals surface area contributed by atoms with E-state index in [2.05, 4.69) is 29.8 Å². The van der Waals surface area contributed by atoms with Crippen LogP contribution in [0.25, 0.3) is 0 Å². The molecule has 0 aromatic heterocycles. The van der Waals surface area contributed by atoms with Crippen LogP contribution in [0.1, 0.15) is 72.1 Å². The summed E-state index contributed by atoms with van der Waals surface area (Å²) in [5.41, 5.74) is 0.280. The first-order chi connectivity index (χ1) is 11.8. The van der Waals surface area contributed by atoms with Crippen molar-refractivity contribution in [3.05, 3.63) is 0 Å². The SMILES string of the molecule is CC(=O)O[C@H]1CC[C@@]2(C)[C@@H](CC[C@@H]3[C@H]4C[C@@H](Br)C(=O)[C@@]4(C)CC[C@@H]32)C1. The van der Waals surface area contributed by atoms with Crippen molar-refractivity contribution in [2.24, 2.45) is 34.5 Å². The lowest BCUT2D eigenvalue weighted by Crippen LogP contribution is -2.54. The summed E-state index contributed by atoms with van der Waals surface area (Å²) in [6, 6.07) is 0. The predicted octanol–water partition coefficient (Wildman–Crippen LogP) is 4.90. The molecule has 0 saturated heterocycles. The van der Waals surface area contributed by atoms with Gasteiger partial charge in [0.2, 0.25) is 0 Å². The summed E-state index contributed by atoms with van der Waals surface area (Å²) in [7, 11) is 0. The van der Waals surface area contributed by atoms with Crippen LogP contribution >= 0.6 is 15.9 Å². The predicted molar refractivity (Wildman–Crippen MR) is 100 cm³/mol. The zero-order chi connectivity index (χ0) is 18.0. The molecule has 0 unspecified atom stereocenters. The van der Waals surface area contributed by atoms with Crippen LogP contribution in [0.15, 0.2) is 0 Å². The number of ketones is 1. The Labute approximate surface area is 159 Å². The second-order valence-electron chi connectivity index (χ2n) is 9.69. The summed E-state index contributed by atoms with van der Waals surface area (Å²) in [5.74, 6) is 3.01. The molecule has 25 heavy (non-hydrogen) atoms. The van der Waals surface area contributed by atoms with Crippen molar-refractivity contribution in [3.8, 4) is 0 Å². The Hall–Kier alpha value is -0.380. The highest BCUT2D eigenvalue weighted by molar-refractivity contribution is 9.10. The summed E-state index contributed by atoms with van der Waals surface area (Å²) in [6.07, 6.45) is 9.15. The van der Waals surface area contributed by atoms with Crippen LogP contribution in [0.3, 0.4) is 0 Å².